The molecule has 0 heterocycles. The fraction of sp³-hybridized carbons (Fsp3) is 0.562. The topological polar surface area (TPSA) is 78.6 Å². The first-order chi connectivity index (χ1) is 9.80. The van der Waals surface area contributed by atoms with Gasteiger partial charge in [-0.25, -0.2) is 0 Å². The molecule has 21 heavy (non-hydrogen) atoms. The Morgan fingerprint density at radius 1 is 1.43 bits per heavy atom. The number of hydrogen-bond donors (Lipinski definition) is 3. The minimum atomic E-state index is -0.709. The average Bonchev–Trinajstić information content (AvgIpc) is 2.36. The number of anilines is 1. The van der Waals surface area contributed by atoms with Crippen LogP contribution < -0.4 is 11.1 Å². The minimum absolute atomic E-state index is 0.000769. The fourth-order valence-electron chi connectivity index (χ4n) is 2.25. The van der Waals surface area contributed by atoms with E-state index >= 15 is 0 Å². The quantitative estimate of drug-likeness (QED) is 0.680. The van der Waals surface area contributed by atoms with Crippen molar-refractivity contribution in [3.05, 3.63) is 29.8 Å². The van der Waals surface area contributed by atoms with Crippen LogP contribution in [-0.2, 0) is 11.3 Å². The number of amides is 1. The van der Waals surface area contributed by atoms with E-state index in [-0.39, 0.29) is 5.91 Å². The van der Waals surface area contributed by atoms with Crippen molar-refractivity contribution < 1.29 is 9.90 Å². The molecule has 1 aromatic rings. The van der Waals surface area contributed by atoms with Gasteiger partial charge in [0.2, 0.25) is 5.91 Å². The maximum Gasteiger partial charge on any atom is 0.224 e. The van der Waals surface area contributed by atoms with Crippen LogP contribution in [0.4, 0.5) is 5.69 Å². The second-order valence-corrected chi connectivity index (χ2v) is 6.11. The van der Waals surface area contributed by atoms with Crippen LogP contribution >= 0.6 is 0 Å². The third-order valence-corrected chi connectivity index (χ3v) is 3.05. The summed E-state index contributed by atoms with van der Waals surface area (Å²) < 4.78 is 0. The van der Waals surface area contributed by atoms with Crippen LogP contribution in [0.5, 0.6) is 0 Å². The van der Waals surface area contributed by atoms with Gasteiger partial charge in [-0.3, -0.25) is 4.79 Å². The SMILES string of the molecule is CN(CCCC(=O)Nc1cccc(CN)c1)CC(C)(C)O. The molecule has 0 aliphatic carbocycles. The van der Waals surface area contributed by atoms with Crippen molar-refractivity contribution in [2.75, 3.05) is 25.5 Å². The van der Waals surface area contributed by atoms with E-state index in [2.05, 4.69) is 5.32 Å². The predicted octanol–water partition coefficient (Wildman–Crippen LogP) is 1.57. The van der Waals surface area contributed by atoms with E-state index in [1.165, 1.54) is 0 Å². The highest BCUT2D eigenvalue weighted by atomic mass is 16.3. The number of carbonyl (C=O) groups is 1. The fourth-order valence-corrected chi connectivity index (χ4v) is 2.25. The van der Waals surface area contributed by atoms with Crippen LogP contribution in [0.1, 0.15) is 32.3 Å². The number of nitrogens with one attached hydrogen (secondary N) is 1. The lowest BCUT2D eigenvalue weighted by Crippen LogP contribution is -2.36. The summed E-state index contributed by atoms with van der Waals surface area (Å²) in [6.07, 6.45) is 1.22. The largest absolute Gasteiger partial charge is 0.389 e. The zero-order chi connectivity index (χ0) is 15.9. The number of likely N-dealkylation sites (N-methyl/N-ethyl adjacent to an activating group) is 1. The van der Waals surface area contributed by atoms with Gasteiger partial charge in [0, 0.05) is 25.2 Å². The van der Waals surface area contributed by atoms with Gasteiger partial charge in [-0.15, -0.1) is 0 Å². The van der Waals surface area contributed by atoms with Crippen LogP contribution in [-0.4, -0.2) is 41.7 Å². The first kappa shape index (κ1) is 17.6. The van der Waals surface area contributed by atoms with Crippen molar-refractivity contribution in [1.29, 1.82) is 0 Å². The van der Waals surface area contributed by atoms with Crippen molar-refractivity contribution in [2.45, 2.75) is 38.8 Å². The number of benzene rings is 1. The van der Waals surface area contributed by atoms with Crippen LogP contribution in [0.3, 0.4) is 0 Å². The third-order valence-electron chi connectivity index (χ3n) is 3.05. The van der Waals surface area contributed by atoms with Crippen LogP contribution in [0, 0.1) is 0 Å². The first-order valence-electron chi connectivity index (χ1n) is 7.30. The molecule has 0 radical (unpaired) electrons. The van der Waals surface area contributed by atoms with Gasteiger partial charge in [0.05, 0.1) is 5.60 Å². The van der Waals surface area contributed by atoms with Crippen LogP contribution in [0.25, 0.3) is 0 Å². The maximum absolute atomic E-state index is 11.9. The number of nitrogens with zero attached hydrogens (tertiary/aromatic N) is 1. The molecule has 0 spiro atoms. The van der Waals surface area contributed by atoms with Gasteiger partial charge < -0.3 is 21.1 Å². The zero-order valence-corrected chi connectivity index (χ0v) is 13.2. The minimum Gasteiger partial charge on any atom is -0.389 e. The monoisotopic (exact) mass is 293 g/mol. The third kappa shape index (κ3) is 7.80. The summed E-state index contributed by atoms with van der Waals surface area (Å²) in [5, 5.41) is 12.6. The highest BCUT2D eigenvalue weighted by molar-refractivity contribution is 5.90. The number of aliphatic hydroxyl groups is 1. The van der Waals surface area contributed by atoms with Crippen molar-refractivity contribution in [3.63, 3.8) is 0 Å². The van der Waals surface area contributed by atoms with Gasteiger partial charge in [-0.05, 0) is 51.6 Å². The highest BCUT2D eigenvalue weighted by Crippen LogP contribution is 2.11. The Hall–Kier alpha value is -1.43. The summed E-state index contributed by atoms with van der Waals surface area (Å²) in [6, 6.07) is 7.56. The van der Waals surface area contributed by atoms with Crippen molar-refractivity contribution in [3.8, 4) is 0 Å². The Morgan fingerprint density at radius 2 is 2.14 bits per heavy atom. The van der Waals surface area contributed by atoms with Gasteiger partial charge in [-0.2, -0.15) is 0 Å². The number of nitrogens with two attached hydrogens (primary N) is 1. The van der Waals surface area contributed by atoms with Crippen molar-refractivity contribution >= 4 is 11.6 Å². The molecule has 0 aliphatic rings. The summed E-state index contributed by atoms with van der Waals surface area (Å²) in [5.41, 5.74) is 6.65. The molecule has 5 heteroatoms. The normalized spacial score (nSPS) is 11.7. The molecule has 1 aromatic carbocycles. The Morgan fingerprint density at radius 3 is 2.76 bits per heavy atom. The first-order valence-corrected chi connectivity index (χ1v) is 7.30. The van der Waals surface area contributed by atoms with E-state index < -0.39 is 5.60 Å². The number of hydrogen-bond acceptors (Lipinski definition) is 4. The van der Waals surface area contributed by atoms with Crippen LogP contribution in [0.15, 0.2) is 24.3 Å². The zero-order valence-electron chi connectivity index (χ0n) is 13.2. The van der Waals surface area contributed by atoms with Crippen molar-refractivity contribution in [1.82, 2.24) is 4.90 Å². The molecule has 118 valence electrons. The molecule has 4 N–H and O–H groups in total. The Labute approximate surface area is 127 Å². The Kier molecular flexibility index (Phi) is 6.81. The molecule has 5 nitrogen and oxygen atoms in total. The second kappa shape index (κ2) is 8.12. The van der Waals surface area contributed by atoms with Crippen LogP contribution in [0.2, 0.25) is 0 Å². The molecule has 1 amide bonds. The summed E-state index contributed by atoms with van der Waals surface area (Å²) in [7, 11) is 1.95. The average molecular weight is 293 g/mol. The van der Waals surface area contributed by atoms with E-state index in [0.717, 1.165) is 24.2 Å². The Bertz CT molecular complexity index is 455. The molecule has 0 saturated heterocycles. The summed E-state index contributed by atoms with van der Waals surface area (Å²) in [4.78, 5) is 13.9. The molecule has 0 saturated carbocycles. The summed E-state index contributed by atoms with van der Waals surface area (Å²) in [6.45, 7) is 5.39. The predicted molar refractivity (Wildman–Crippen MR) is 86.0 cm³/mol. The maximum atomic E-state index is 11.9. The van der Waals surface area contributed by atoms with Gasteiger partial charge in [-0.1, -0.05) is 12.1 Å². The number of carbonyl (C=O) groups excluding carboxylic acids is 1. The van der Waals surface area contributed by atoms with Gasteiger partial charge >= 0.3 is 0 Å². The molecule has 0 atom stereocenters. The second-order valence-electron chi connectivity index (χ2n) is 6.11. The summed E-state index contributed by atoms with van der Waals surface area (Å²) >= 11 is 0. The van der Waals surface area contributed by atoms with Gasteiger partial charge in [0.25, 0.3) is 0 Å². The Balaban J connectivity index is 2.31. The van der Waals surface area contributed by atoms with E-state index in [1.54, 1.807) is 13.8 Å². The molecule has 0 aromatic heterocycles. The van der Waals surface area contributed by atoms with E-state index in [4.69, 9.17) is 5.73 Å². The van der Waals surface area contributed by atoms with E-state index in [0.29, 0.717) is 19.5 Å². The molecular weight excluding hydrogens is 266 g/mol. The van der Waals surface area contributed by atoms with E-state index in [1.807, 2.05) is 36.2 Å². The van der Waals surface area contributed by atoms with Gasteiger partial charge in [0.15, 0.2) is 0 Å². The van der Waals surface area contributed by atoms with Crippen molar-refractivity contribution in [2.24, 2.45) is 5.73 Å². The standard InChI is InChI=1S/C16H27N3O2/c1-16(2,21)12-19(3)9-5-8-15(20)18-14-7-4-6-13(10-14)11-17/h4,6-7,10,21H,5,8-9,11-12,17H2,1-3H3,(H,18,20). The lowest BCUT2D eigenvalue weighted by molar-refractivity contribution is -0.116. The molecule has 0 unspecified atom stereocenters. The molecule has 0 fully saturated rings. The lowest BCUT2D eigenvalue weighted by atomic mass is 10.1. The number of rotatable bonds is 8. The van der Waals surface area contributed by atoms with E-state index in [9.17, 15) is 9.90 Å². The molecule has 1 rings (SSSR count). The highest BCUT2D eigenvalue weighted by Gasteiger charge is 2.15. The molecular formula is C16H27N3O2. The van der Waals surface area contributed by atoms with Gasteiger partial charge in [0.1, 0.15) is 0 Å². The smallest absolute Gasteiger partial charge is 0.224 e. The molecule has 0 bridgehead atoms. The summed E-state index contributed by atoms with van der Waals surface area (Å²) in [5.74, 6) is 0.000769. The lowest BCUT2D eigenvalue weighted by Gasteiger charge is -2.25. The molecule has 0 aliphatic heterocycles.